The van der Waals surface area contributed by atoms with Crippen molar-refractivity contribution >= 4 is 27.4 Å². The first-order valence-corrected chi connectivity index (χ1v) is 7.41. The summed E-state index contributed by atoms with van der Waals surface area (Å²) >= 11 is 0. The van der Waals surface area contributed by atoms with Gasteiger partial charge in [-0.3, -0.25) is 9.59 Å². The van der Waals surface area contributed by atoms with Crippen LogP contribution in [0.25, 0.3) is 0 Å². The molecule has 1 aliphatic heterocycles. The minimum absolute atomic E-state index is 0.0673. The fraction of sp³-hybridized carbons (Fsp3) is 0.333. The number of benzene rings is 1. The molecule has 1 aromatic carbocycles. The van der Waals surface area contributed by atoms with Crippen LogP contribution in [0, 0.1) is 0 Å². The number of para-hydroxylation sites is 1. The number of carbonyl (C=O) groups is 2. The Morgan fingerprint density at radius 1 is 1.21 bits per heavy atom. The van der Waals surface area contributed by atoms with Gasteiger partial charge in [-0.05, 0) is 12.1 Å². The number of amides is 1. The van der Waals surface area contributed by atoms with E-state index in [1.807, 2.05) is 0 Å². The van der Waals surface area contributed by atoms with Gasteiger partial charge in [0.25, 0.3) is 0 Å². The lowest BCUT2D eigenvalue weighted by Gasteiger charge is -2.29. The van der Waals surface area contributed by atoms with Crippen molar-refractivity contribution in [2.75, 3.05) is 17.2 Å². The summed E-state index contributed by atoms with van der Waals surface area (Å²) < 4.78 is 23.8. The quantitative estimate of drug-likeness (QED) is 0.880. The average Bonchev–Trinajstić information content (AvgIpc) is 2.36. The second-order valence-electron chi connectivity index (χ2n) is 4.23. The maximum Gasteiger partial charge on any atom is 0.303 e. The first kappa shape index (κ1) is 13.5. The van der Waals surface area contributed by atoms with Crippen LogP contribution in [-0.2, 0) is 19.4 Å². The zero-order valence-electron chi connectivity index (χ0n) is 10.1. The van der Waals surface area contributed by atoms with Crippen LogP contribution in [0.4, 0.5) is 5.69 Å². The molecule has 0 atom stereocenters. The lowest BCUT2D eigenvalue weighted by atomic mass is 10.2. The van der Waals surface area contributed by atoms with E-state index >= 15 is 0 Å². The van der Waals surface area contributed by atoms with Crippen molar-refractivity contribution in [2.24, 2.45) is 0 Å². The van der Waals surface area contributed by atoms with Gasteiger partial charge >= 0.3 is 5.97 Å². The molecule has 0 aromatic heterocycles. The molecule has 1 aromatic rings. The van der Waals surface area contributed by atoms with Crippen molar-refractivity contribution in [3.8, 4) is 0 Å². The topological polar surface area (TPSA) is 91.8 Å². The predicted molar refractivity (Wildman–Crippen MR) is 67.7 cm³/mol. The van der Waals surface area contributed by atoms with Crippen molar-refractivity contribution < 1.29 is 23.1 Å². The summed E-state index contributed by atoms with van der Waals surface area (Å²) in [6.45, 7) is 0.0673. The molecule has 1 amide bonds. The highest BCUT2D eigenvalue weighted by Crippen LogP contribution is 2.30. The molecule has 7 heteroatoms. The Morgan fingerprint density at radius 2 is 1.89 bits per heavy atom. The van der Waals surface area contributed by atoms with Gasteiger partial charge in [-0.15, -0.1) is 0 Å². The summed E-state index contributed by atoms with van der Waals surface area (Å²) in [5, 5.41) is 8.57. The molecule has 0 fully saturated rings. The summed E-state index contributed by atoms with van der Waals surface area (Å²) in [6, 6.07) is 6.27. The first-order chi connectivity index (χ1) is 8.92. The summed E-state index contributed by atoms with van der Waals surface area (Å²) in [6.07, 6.45) is -0.395. The molecule has 1 aliphatic rings. The molecular weight excluding hydrogens is 270 g/mol. The number of aliphatic carboxylic acids is 1. The Kier molecular flexibility index (Phi) is 3.57. The maximum absolute atomic E-state index is 11.9. The van der Waals surface area contributed by atoms with E-state index in [0.29, 0.717) is 5.69 Å². The zero-order valence-corrected chi connectivity index (χ0v) is 10.9. The van der Waals surface area contributed by atoms with Gasteiger partial charge in [0.2, 0.25) is 5.91 Å². The number of rotatable bonds is 3. The number of sulfone groups is 1. The third-order valence-corrected chi connectivity index (χ3v) is 4.66. The van der Waals surface area contributed by atoms with Crippen molar-refractivity contribution in [1.29, 1.82) is 0 Å². The van der Waals surface area contributed by atoms with Gasteiger partial charge in [0.05, 0.1) is 22.8 Å². The number of carboxylic acid groups (broad SMARTS) is 1. The van der Waals surface area contributed by atoms with Crippen molar-refractivity contribution in [1.82, 2.24) is 0 Å². The Labute approximate surface area is 110 Å². The van der Waals surface area contributed by atoms with Gasteiger partial charge < -0.3 is 10.0 Å². The van der Waals surface area contributed by atoms with Crippen molar-refractivity contribution in [3.63, 3.8) is 0 Å². The average molecular weight is 283 g/mol. The van der Waals surface area contributed by atoms with Gasteiger partial charge in [-0.1, -0.05) is 12.1 Å². The lowest BCUT2D eigenvalue weighted by molar-refractivity contribution is -0.138. The van der Waals surface area contributed by atoms with Crippen LogP contribution < -0.4 is 4.90 Å². The Balaban J connectivity index is 2.30. The molecule has 0 radical (unpaired) electrons. The normalized spacial score (nSPS) is 16.7. The van der Waals surface area contributed by atoms with Crippen LogP contribution in [-0.4, -0.2) is 37.7 Å². The van der Waals surface area contributed by atoms with Crippen LogP contribution in [0.15, 0.2) is 29.2 Å². The van der Waals surface area contributed by atoms with Crippen LogP contribution in [0.1, 0.15) is 12.8 Å². The number of carboxylic acids is 1. The largest absolute Gasteiger partial charge is 0.481 e. The molecule has 0 saturated heterocycles. The van der Waals surface area contributed by atoms with E-state index in [0.717, 1.165) is 0 Å². The van der Waals surface area contributed by atoms with E-state index in [4.69, 9.17) is 5.11 Å². The highest BCUT2D eigenvalue weighted by molar-refractivity contribution is 7.91. The number of anilines is 1. The highest BCUT2D eigenvalue weighted by atomic mass is 32.2. The third kappa shape index (κ3) is 2.76. The van der Waals surface area contributed by atoms with Gasteiger partial charge in [0.1, 0.15) is 0 Å². The molecule has 0 bridgehead atoms. The molecule has 6 nitrogen and oxygen atoms in total. The summed E-state index contributed by atoms with van der Waals surface area (Å²) in [7, 11) is -3.35. The molecule has 1 N–H and O–H groups in total. The summed E-state index contributed by atoms with van der Waals surface area (Å²) in [5.41, 5.74) is 0.337. The zero-order chi connectivity index (χ0) is 14.0. The molecule has 0 aliphatic carbocycles. The first-order valence-electron chi connectivity index (χ1n) is 5.76. The van der Waals surface area contributed by atoms with Gasteiger partial charge in [0, 0.05) is 13.0 Å². The summed E-state index contributed by atoms with van der Waals surface area (Å²) in [4.78, 5) is 23.9. The van der Waals surface area contributed by atoms with Gasteiger partial charge in [0.15, 0.2) is 9.84 Å². The smallest absolute Gasteiger partial charge is 0.303 e. The highest BCUT2D eigenvalue weighted by Gasteiger charge is 2.30. The van der Waals surface area contributed by atoms with Crippen molar-refractivity contribution in [3.05, 3.63) is 24.3 Å². The third-order valence-electron chi connectivity index (χ3n) is 2.93. The van der Waals surface area contributed by atoms with Gasteiger partial charge in [-0.25, -0.2) is 8.42 Å². The van der Waals surface area contributed by atoms with Crippen LogP contribution in [0.3, 0.4) is 0 Å². The fourth-order valence-electron chi connectivity index (χ4n) is 1.99. The Morgan fingerprint density at radius 3 is 2.58 bits per heavy atom. The number of fused-ring (bicyclic) bond motifs is 1. The SMILES string of the molecule is O=C(O)CCC(=O)N1CCS(=O)(=O)c2ccccc21. The number of hydrogen-bond acceptors (Lipinski definition) is 4. The molecule has 0 saturated carbocycles. The minimum Gasteiger partial charge on any atom is -0.481 e. The Bertz CT molecular complexity index is 623. The lowest BCUT2D eigenvalue weighted by Crippen LogP contribution is -2.39. The molecule has 19 heavy (non-hydrogen) atoms. The van der Waals surface area contributed by atoms with E-state index in [1.54, 1.807) is 18.2 Å². The van der Waals surface area contributed by atoms with E-state index in [-0.39, 0.29) is 35.9 Å². The second kappa shape index (κ2) is 5.00. The minimum atomic E-state index is -3.35. The monoisotopic (exact) mass is 283 g/mol. The molecule has 102 valence electrons. The molecule has 2 rings (SSSR count). The van der Waals surface area contributed by atoms with Crippen LogP contribution in [0.2, 0.25) is 0 Å². The van der Waals surface area contributed by atoms with Crippen molar-refractivity contribution in [2.45, 2.75) is 17.7 Å². The predicted octanol–water partition coefficient (Wildman–Crippen LogP) is 0.672. The Hall–Kier alpha value is -1.89. The van der Waals surface area contributed by atoms with Crippen LogP contribution in [0.5, 0.6) is 0 Å². The second-order valence-corrected chi connectivity index (χ2v) is 6.30. The van der Waals surface area contributed by atoms with E-state index in [9.17, 15) is 18.0 Å². The number of carbonyl (C=O) groups excluding carboxylic acids is 1. The molecule has 1 heterocycles. The number of hydrogen-bond donors (Lipinski definition) is 1. The van der Waals surface area contributed by atoms with E-state index in [1.165, 1.54) is 11.0 Å². The van der Waals surface area contributed by atoms with E-state index < -0.39 is 15.8 Å². The van der Waals surface area contributed by atoms with E-state index in [2.05, 4.69) is 0 Å². The standard InChI is InChI=1S/C12H13NO5S/c14-11(5-6-12(15)16)13-7-8-19(17,18)10-4-2-1-3-9(10)13/h1-4H,5-8H2,(H,15,16). The molecule has 0 unspecified atom stereocenters. The fourth-order valence-corrected chi connectivity index (χ4v) is 3.42. The van der Waals surface area contributed by atoms with Crippen LogP contribution >= 0.6 is 0 Å². The molecular formula is C12H13NO5S. The maximum atomic E-state index is 11.9. The summed E-state index contributed by atoms with van der Waals surface area (Å²) in [5.74, 6) is -1.56. The molecule has 0 spiro atoms. The van der Waals surface area contributed by atoms with Gasteiger partial charge in [-0.2, -0.15) is 0 Å². The number of nitrogens with zero attached hydrogens (tertiary/aromatic N) is 1.